The van der Waals surface area contributed by atoms with Crippen LogP contribution in [0.1, 0.15) is 12.5 Å². The molecule has 0 saturated heterocycles. The minimum atomic E-state index is 0.00556. The highest BCUT2D eigenvalue weighted by atomic mass is 35.5. The predicted molar refractivity (Wildman–Crippen MR) is 49.4 cm³/mol. The van der Waals surface area contributed by atoms with E-state index in [1.54, 1.807) is 0 Å². The largest absolute Gasteiger partial charge is 0.328 e. The minimum Gasteiger partial charge on any atom is -0.328 e. The molecule has 12 heavy (non-hydrogen) atoms. The van der Waals surface area contributed by atoms with Crippen molar-refractivity contribution in [3.8, 4) is 0 Å². The van der Waals surface area contributed by atoms with Gasteiger partial charge in [-0.15, -0.1) is 0 Å². The maximum absolute atomic E-state index is 5.78. The standard InChI is InChI=1S/C7H9Cl2N3/c1-4(10)2-5-6(8)11-3-12-7(5)9/h3-4H,2,10H2,1H3. The van der Waals surface area contributed by atoms with E-state index < -0.39 is 0 Å². The summed E-state index contributed by atoms with van der Waals surface area (Å²) in [6.07, 6.45) is 1.92. The second-order valence-corrected chi connectivity index (χ2v) is 3.33. The fourth-order valence-electron chi connectivity index (χ4n) is 0.862. The number of rotatable bonds is 2. The van der Waals surface area contributed by atoms with Crippen molar-refractivity contribution in [1.82, 2.24) is 9.97 Å². The third-order valence-electron chi connectivity index (χ3n) is 1.37. The van der Waals surface area contributed by atoms with Gasteiger partial charge in [-0.25, -0.2) is 9.97 Å². The molecule has 0 aromatic carbocycles. The van der Waals surface area contributed by atoms with Crippen LogP contribution in [0.4, 0.5) is 0 Å². The molecule has 1 atom stereocenters. The van der Waals surface area contributed by atoms with E-state index >= 15 is 0 Å². The molecular weight excluding hydrogens is 197 g/mol. The van der Waals surface area contributed by atoms with Crippen LogP contribution in [0.3, 0.4) is 0 Å². The van der Waals surface area contributed by atoms with Gasteiger partial charge in [-0.05, 0) is 13.3 Å². The van der Waals surface area contributed by atoms with Crippen molar-refractivity contribution in [1.29, 1.82) is 0 Å². The highest BCUT2D eigenvalue weighted by Gasteiger charge is 2.09. The van der Waals surface area contributed by atoms with Crippen LogP contribution in [-0.4, -0.2) is 16.0 Å². The van der Waals surface area contributed by atoms with E-state index in [4.69, 9.17) is 28.9 Å². The van der Waals surface area contributed by atoms with Crippen LogP contribution in [0, 0.1) is 0 Å². The van der Waals surface area contributed by atoms with Crippen LogP contribution >= 0.6 is 23.2 Å². The summed E-state index contributed by atoms with van der Waals surface area (Å²) in [6.45, 7) is 1.87. The van der Waals surface area contributed by atoms with Gasteiger partial charge in [0.05, 0.1) is 0 Å². The Kier molecular flexibility index (Phi) is 3.26. The van der Waals surface area contributed by atoms with Crippen LogP contribution in [-0.2, 0) is 6.42 Å². The maximum atomic E-state index is 5.78. The summed E-state index contributed by atoms with van der Waals surface area (Å²) in [5, 5.41) is 0.764. The molecule has 2 N–H and O–H groups in total. The first-order valence-electron chi connectivity index (χ1n) is 3.51. The number of halogens is 2. The monoisotopic (exact) mass is 205 g/mol. The molecular formula is C7H9Cl2N3. The van der Waals surface area contributed by atoms with E-state index in [0.717, 1.165) is 5.56 Å². The Hall–Kier alpha value is -0.380. The van der Waals surface area contributed by atoms with Gasteiger partial charge in [0.2, 0.25) is 0 Å². The van der Waals surface area contributed by atoms with Crippen molar-refractivity contribution < 1.29 is 0 Å². The van der Waals surface area contributed by atoms with Gasteiger partial charge in [-0.2, -0.15) is 0 Å². The van der Waals surface area contributed by atoms with Crippen molar-refractivity contribution >= 4 is 23.2 Å². The van der Waals surface area contributed by atoms with Crippen LogP contribution < -0.4 is 5.73 Å². The number of hydrogen-bond donors (Lipinski definition) is 1. The zero-order chi connectivity index (χ0) is 9.14. The first-order valence-corrected chi connectivity index (χ1v) is 4.27. The summed E-state index contributed by atoms with van der Waals surface area (Å²) in [4.78, 5) is 7.61. The van der Waals surface area contributed by atoms with E-state index in [-0.39, 0.29) is 6.04 Å². The van der Waals surface area contributed by atoms with E-state index in [9.17, 15) is 0 Å². The van der Waals surface area contributed by atoms with Crippen LogP contribution in [0.25, 0.3) is 0 Å². The van der Waals surface area contributed by atoms with Crippen LogP contribution in [0.2, 0.25) is 10.3 Å². The van der Waals surface area contributed by atoms with Crippen LogP contribution in [0.5, 0.6) is 0 Å². The Balaban J connectivity index is 2.96. The molecule has 0 fully saturated rings. The lowest BCUT2D eigenvalue weighted by atomic mass is 10.1. The SMILES string of the molecule is CC(N)Cc1c(Cl)ncnc1Cl. The lowest BCUT2D eigenvalue weighted by Gasteiger charge is -2.06. The fraction of sp³-hybridized carbons (Fsp3) is 0.429. The van der Waals surface area contributed by atoms with Gasteiger partial charge in [0.15, 0.2) is 0 Å². The number of hydrogen-bond acceptors (Lipinski definition) is 3. The second-order valence-electron chi connectivity index (χ2n) is 2.62. The maximum Gasteiger partial charge on any atom is 0.137 e. The summed E-state index contributed by atoms with van der Waals surface area (Å²) >= 11 is 11.6. The van der Waals surface area contributed by atoms with Gasteiger partial charge in [0, 0.05) is 11.6 Å². The molecule has 0 bridgehead atoms. The summed E-state index contributed by atoms with van der Waals surface area (Å²) in [6, 6.07) is 0.00556. The lowest BCUT2D eigenvalue weighted by molar-refractivity contribution is 0.732. The molecule has 0 aliphatic heterocycles. The van der Waals surface area contributed by atoms with Crippen molar-refractivity contribution in [3.63, 3.8) is 0 Å². The van der Waals surface area contributed by atoms with Gasteiger partial charge < -0.3 is 5.73 Å². The van der Waals surface area contributed by atoms with E-state index in [2.05, 4.69) is 9.97 Å². The van der Waals surface area contributed by atoms with Gasteiger partial charge in [0.1, 0.15) is 16.6 Å². The molecule has 1 unspecified atom stereocenters. The Morgan fingerprint density at radius 3 is 2.33 bits per heavy atom. The Labute approximate surface area is 80.9 Å². The minimum absolute atomic E-state index is 0.00556. The second kappa shape index (κ2) is 4.03. The molecule has 0 aliphatic rings. The van der Waals surface area contributed by atoms with E-state index in [0.29, 0.717) is 16.7 Å². The molecule has 1 rings (SSSR count). The molecule has 1 heterocycles. The van der Waals surface area contributed by atoms with Crippen molar-refractivity contribution in [2.45, 2.75) is 19.4 Å². The molecule has 1 aromatic rings. The zero-order valence-corrected chi connectivity index (χ0v) is 8.10. The van der Waals surface area contributed by atoms with Gasteiger partial charge in [0.25, 0.3) is 0 Å². The molecule has 0 amide bonds. The molecule has 0 spiro atoms. The Bertz CT molecular complexity index is 255. The molecule has 0 aliphatic carbocycles. The predicted octanol–water partition coefficient (Wildman–Crippen LogP) is 1.67. The number of aromatic nitrogens is 2. The molecule has 0 radical (unpaired) electrons. The van der Waals surface area contributed by atoms with E-state index in [1.165, 1.54) is 6.33 Å². The molecule has 66 valence electrons. The lowest BCUT2D eigenvalue weighted by Crippen LogP contribution is -2.18. The van der Waals surface area contributed by atoms with Crippen molar-refractivity contribution in [3.05, 3.63) is 22.2 Å². The molecule has 0 saturated carbocycles. The van der Waals surface area contributed by atoms with E-state index in [1.807, 2.05) is 6.92 Å². The average Bonchev–Trinajstić information content (AvgIpc) is 1.97. The first kappa shape index (κ1) is 9.71. The Morgan fingerprint density at radius 1 is 1.42 bits per heavy atom. The first-order chi connectivity index (χ1) is 5.61. The quantitative estimate of drug-likeness (QED) is 0.748. The fourth-order valence-corrected chi connectivity index (χ4v) is 1.33. The highest BCUT2D eigenvalue weighted by molar-refractivity contribution is 6.34. The van der Waals surface area contributed by atoms with Crippen molar-refractivity contribution in [2.24, 2.45) is 5.73 Å². The molecule has 1 aromatic heterocycles. The average molecular weight is 206 g/mol. The zero-order valence-electron chi connectivity index (χ0n) is 6.59. The molecule has 3 nitrogen and oxygen atoms in total. The number of nitrogens with two attached hydrogens (primary N) is 1. The van der Waals surface area contributed by atoms with Crippen LogP contribution in [0.15, 0.2) is 6.33 Å². The summed E-state index contributed by atoms with van der Waals surface area (Å²) in [5.41, 5.74) is 6.31. The molecule has 5 heteroatoms. The van der Waals surface area contributed by atoms with Gasteiger partial charge in [-0.1, -0.05) is 23.2 Å². The topological polar surface area (TPSA) is 51.8 Å². The highest BCUT2D eigenvalue weighted by Crippen LogP contribution is 2.20. The normalized spacial score (nSPS) is 13.0. The number of nitrogens with zero attached hydrogens (tertiary/aromatic N) is 2. The van der Waals surface area contributed by atoms with Gasteiger partial charge >= 0.3 is 0 Å². The van der Waals surface area contributed by atoms with Gasteiger partial charge in [-0.3, -0.25) is 0 Å². The summed E-state index contributed by atoms with van der Waals surface area (Å²) in [5.74, 6) is 0. The third kappa shape index (κ3) is 2.30. The summed E-state index contributed by atoms with van der Waals surface area (Å²) < 4.78 is 0. The third-order valence-corrected chi connectivity index (χ3v) is 2.02. The van der Waals surface area contributed by atoms with Crippen molar-refractivity contribution in [2.75, 3.05) is 0 Å². The summed E-state index contributed by atoms with van der Waals surface area (Å²) in [7, 11) is 0. The smallest absolute Gasteiger partial charge is 0.137 e. The Morgan fingerprint density at radius 2 is 1.92 bits per heavy atom.